The summed E-state index contributed by atoms with van der Waals surface area (Å²) in [4.78, 5) is 12.0. The number of ether oxygens (including phenoxy) is 2. The molecule has 1 aromatic heterocycles. The molecule has 0 aliphatic carbocycles. The smallest absolute Gasteiger partial charge is 0.164 e. The number of rotatable bonds is 10. The van der Waals surface area contributed by atoms with Gasteiger partial charge in [0.05, 0.1) is 17.9 Å². The number of hydrogen-bond donors (Lipinski definition) is 3. The minimum atomic E-state index is -3.06. The predicted molar refractivity (Wildman–Crippen MR) is 141 cm³/mol. The summed E-state index contributed by atoms with van der Waals surface area (Å²) in [5.41, 5.74) is 1.74. The molecule has 36 heavy (non-hydrogen) atoms. The third-order valence-electron chi connectivity index (χ3n) is 6.71. The van der Waals surface area contributed by atoms with E-state index in [9.17, 15) is 13.5 Å². The first-order valence-corrected chi connectivity index (χ1v) is 14.4. The fraction of sp³-hybridized carbons (Fsp3) is 0.600. The summed E-state index contributed by atoms with van der Waals surface area (Å²) in [6.07, 6.45) is 2.77. The van der Waals surface area contributed by atoms with Crippen LogP contribution in [-0.2, 0) is 14.6 Å². The minimum Gasteiger partial charge on any atom is -0.491 e. The summed E-state index contributed by atoms with van der Waals surface area (Å²) in [5, 5.41) is 16.1. The standard InChI is InChI=1S/C25H37N5O5S/c1-17-23(27-19-9-12-34-15-19)28-24(18-5-4-6-21(13-18)35-16-20(31)14-26-2)29-25(17)30-10-7-22(8-11-30)36(3,32)33/h4-6,13,19-20,22,26,31H,7-12,14-16H2,1-3H3,(H,27,28,29)/t19-,20?/m1/s1. The van der Waals surface area contributed by atoms with Crippen LogP contribution in [0, 0.1) is 6.92 Å². The van der Waals surface area contributed by atoms with E-state index in [0.29, 0.717) is 50.7 Å². The number of benzene rings is 1. The molecular formula is C25H37N5O5S. The highest BCUT2D eigenvalue weighted by atomic mass is 32.2. The first-order valence-electron chi connectivity index (χ1n) is 12.5. The number of aliphatic hydroxyl groups is 1. The summed E-state index contributed by atoms with van der Waals surface area (Å²) >= 11 is 0. The van der Waals surface area contributed by atoms with Crippen LogP contribution >= 0.6 is 0 Å². The van der Waals surface area contributed by atoms with Gasteiger partial charge in [-0.25, -0.2) is 18.4 Å². The highest BCUT2D eigenvalue weighted by molar-refractivity contribution is 7.91. The van der Waals surface area contributed by atoms with Crippen LogP contribution in [0.4, 0.5) is 11.6 Å². The second-order valence-corrected chi connectivity index (χ2v) is 11.9. The van der Waals surface area contributed by atoms with Crippen molar-refractivity contribution < 1.29 is 23.0 Å². The van der Waals surface area contributed by atoms with Gasteiger partial charge in [-0.15, -0.1) is 0 Å². The molecule has 10 nitrogen and oxygen atoms in total. The number of nitrogens with one attached hydrogen (secondary N) is 2. The van der Waals surface area contributed by atoms with Gasteiger partial charge in [-0.3, -0.25) is 0 Å². The predicted octanol–water partition coefficient (Wildman–Crippen LogP) is 1.63. The Balaban J connectivity index is 1.62. The molecule has 4 rings (SSSR count). The highest BCUT2D eigenvalue weighted by Gasteiger charge is 2.29. The monoisotopic (exact) mass is 519 g/mol. The number of aliphatic hydroxyl groups excluding tert-OH is 1. The van der Waals surface area contributed by atoms with Crippen molar-refractivity contribution >= 4 is 21.5 Å². The molecule has 3 heterocycles. The van der Waals surface area contributed by atoms with Crippen LogP contribution in [0.1, 0.15) is 24.8 Å². The molecule has 1 aromatic carbocycles. The van der Waals surface area contributed by atoms with E-state index in [2.05, 4.69) is 15.5 Å². The molecule has 2 fully saturated rings. The lowest BCUT2D eigenvalue weighted by Gasteiger charge is -2.33. The van der Waals surface area contributed by atoms with Gasteiger partial charge in [0, 0.05) is 43.6 Å². The molecule has 11 heteroatoms. The van der Waals surface area contributed by atoms with Gasteiger partial charge in [-0.2, -0.15) is 0 Å². The van der Waals surface area contributed by atoms with Gasteiger partial charge in [0.1, 0.15) is 39.9 Å². The maximum Gasteiger partial charge on any atom is 0.164 e. The molecule has 198 valence electrons. The van der Waals surface area contributed by atoms with Crippen molar-refractivity contribution in [2.24, 2.45) is 0 Å². The highest BCUT2D eigenvalue weighted by Crippen LogP contribution is 2.32. The number of piperidine rings is 1. The number of likely N-dealkylation sites (N-methyl/N-ethyl adjacent to an activating group) is 1. The van der Waals surface area contributed by atoms with Gasteiger partial charge in [0.25, 0.3) is 0 Å². The van der Waals surface area contributed by atoms with E-state index in [1.165, 1.54) is 6.26 Å². The quantitative estimate of drug-likeness (QED) is 0.426. The van der Waals surface area contributed by atoms with Crippen LogP contribution in [0.25, 0.3) is 11.4 Å². The molecule has 0 bridgehead atoms. The number of nitrogens with zero attached hydrogens (tertiary/aromatic N) is 3. The van der Waals surface area contributed by atoms with Crippen LogP contribution in [0.5, 0.6) is 5.75 Å². The summed E-state index contributed by atoms with van der Waals surface area (Å²) in [7, 11) is -1.28. The average molecular weight is 520 g/mol. The van der Waals surface area contributed by atoms with E-state index in [1.54, 1.807) is 7.05 Å². The number of anilines is 2. The Morgan fingerprint density at radius 3 is 2.69 bits per heavy atom. The van der Waals surface area contributed by atoms with E-state index in [0.717, 1.165) is 35.8 Å². The van der Waals surface area contributed by atoms with Crippen molar-refractivity contribution in [2.45, 2.75) is 43.6 Å². The lowest BCUT2D eigenvalue weighted by molar-refractivity contribution is 0.108. The summed E-state index contributed by atoms with van der Waals surface area (Å²) in [6.45, 7) is 5.21. The topological polar surface area (TPSA) is 126 Å². The summed E-state index contributed by atoms with van der Waals surface area (Å²) in [5.74, 6) is 2.75. The van der Waals surface area contributed by atoms with Crippen molar-refractivity contribution in [3.63, 3.8) is 0 Å². The maximum absolute atomic E-state index is 12.0. The second-order valence-electron chi connectivity index (χ2n) is 9.62. The van der Waals surface area contributed by atoms with Crippen molar-refractivity contribution in [2.75, 3.05) is 63.0 Å². The molecule has 0 amide bonds. The van der Waals surface area contributed by atoms with Gasteiger partial charge in [-0.1, -0.05) is 12.1 Å². The second kappa shape index (κ2) is 11.7. The SMILES string of the molecule is CNCC(O)COc1cccc(-c2nc(N[C@@H]3CCOC3)c(C)c(N3CCC(S(C)(=O)=O)CC3)n2)c1. The van der Waals surface area contributed by atoms with Gasteiger partial charge in [-0.05, 0) is 45.4 Å². The van der Waals surface area contributed by atoms with E-state index >= 15 is 0 Å². The molecule has 1 unspecified atom stereocenters. The van der Waals surface area contributed by atoms with Crippen LogP contribution in [-0.4, -0.2) is 93.6 Å². The zero-order chi connectivity index (χ0) is 25.7. The van der Waals surface area contributed by atoms with Crippen molar-refractivity contribution in [1.82, 2.24) is 15.3 Å². The first-order chi connectivity index (χ1) is 17.2. The lowest BCUT2D eigenvalue weighted by atomic mass is 10.1. The Morgan fingerprint density at radius 1 is 1.25 bits per heavy atom. The fourth-order valence-electron chi connectivity index (χ4n) is 4.63. The molecule has 0 spiro atoms. The lowest BCUT2D eigenvalue weighted by Crippen LogP contribution is -2.40. The zero-order valence-corrected chi connectivity index (χ0v) is 22.1. The van der Waals surface area contributed by atoms with Gasteiger partial charge in [0.2, 0.25) is 0 Å². The number of hydrogen-bond acceptors (Lipinski definition) is 10. The maximum atomic E-state index is 12.0. The Hall–Kier alpha value is -2.47. The Morgan fingerprint density at radius 2 is 2.03 bits per heavy atom. The van der Waals surface area contributed by atoms with E-state index in [-0.39, 0.29) is 17.9 Å². The van der Waals surface area contributed by atoms with Gasteiger partial charge >= 0.3 is 0 Å². The van der Waals surface area contributed by atoms with Crippen molar-refractivity contribution in [1.29, 1.82) is 0 Å². The molecule has 0 saturated carbocycles. The summed E-state index contributed by atoms with van der Waals surface area (Å²) < 4.78 is 35.4. The Kier molecular flexibility index (Phi) is 8.66. The molecule has 2 saturated heterocycles. The minimum absolute atomic E-state index is 0.175. The molecule has 2 aliphatic heterocycles. The molecule has 3 N–H and O–H groups in total. The van der Waals surface area contributed by atoms with Gasteiger partial charge in [0.15, 0.2) is 5.82 Å². The van der Waals surface area contributed by atoms with Crippen molar-refractivity contribution in [3.8, 4) is 17.1 Å². The molecular weight excluding hydrogens is 482 g/mol. The van der Waals surface area contributed by atoms with Crippen LogP contribution < -0.4 is 20.3 Å². The van der Waals surface area contributed by atoms with E-state index in [1.807, 2.05) is 31.2 Å². The first kappa shape index (κ1) is 26.6. The van der Waals surface area contributed by atoms with Crippen LogP contribution in [0.3, 0.4) is 0 Å². The van der Waals surface area contributed by atoms with Gasteiger partial charge < -0.3 is 30.1 Å². The molecule has 2 atom stereocenters. The Labute approximate surface area is 213 Å². The van der Waals surface area contributed by atoms with E-state index in [4.69, 9.17) is 19.4 Å². The largest absolute Gasteiger partial charge is 0.491 e. The normalized spacial score (nSPS) is 19.9. The number of aromatic nitrogens is 2. The third kappa shape index (κ3) is 6.64. The number of sulfone groups is 1. The summed E-state index contributed by atoms with van der Waals surface area (Å²) in [6, 6.07) is 7.71. The molecule has 2 aromatic rings. The average Bonchev–Trinajstić information content (AvgIpc) is 3.37. The fourth-order valence-corrected chi connectivity index (χ4v) is 5.70. The van der Waals surface area contributed by atoms with E-state index < -0.39 is 15.9 Å². The Bertz CT molecular complexity index is 1130. The van der Waals surface area contributed by atoms with Crippen LogP contribution in [0.2, 0.25) is 0 Å². The van der Waals surface area contributed by atoms with Crippen LogP contribution in [0.15, 0.2) is 24.3 Å². The van der Waals surface area contributed by atoms with Crippen molar-refractivity contribution in [3.05, 3.63) is 29.8 Å². The third-order valence-corrected chi connectivity index (χ3v) is 8.39. The molecule has 0 radical (unpaired) electrons. The molecule has 2 aliphatic rings. The zero-order valence-electron chi connectivity index (χ0n) is 21.2.